The molecule has 1 aliphatic heterocycles. The van der Waals surface area contributed by atoms with Crippen molar-refractivity contribution < 1.29 is 19.4 Å². The van der Waals surface area contributed by atoms with Crippen LogP contribution in [0.4, 0.5) is 0 Å². The molecule has 41 heavy (non-hydrogen) atoms. The Morgan fingerprint density at radius 2 is 1.68 bits per heavy atom. The molecule has 0 saturated carbocycles. The van der Waals surface area contributed by atoms with Crippen molar-refractivity contribution in [1.29, 1.82) is 0 Å². The number of hydrogen-bond donors (Lipinski definition) is 1. The topological polar surface area (TPSA) is 101 Å². The van der Waals surface area contributed by atoms with E-state index >= 15 is 0 Å². The summed E-state index contributed by atoms with van der Waals surface area (Å²) in [6.07, 6.45) is 12.1. The number of thioether (sulfide) groups is 1. The number of benzene rings is 1. The minimum Gasteiger partial charge on any atom is -0.481 e. The maximum absolute atomic E-state index is 13.5. The van der Waals surface area contributed by atoms with Gasteiger partial charge in [0.05, 0.1) is 4.91 Å². The van der Waals surface area contributed by atoms with Gasteiger partial charge in [0.2, 0.25) is 5.88 Å². The Morgan fingerprint density at radius 3 is 2.37 bits per heavy atom. The molecule has 3 heterocycles. The van der Waals surface area contributed by atoms with E-state index in [-0.39, 0.29) is 29.3 Å². The fraction of sp³-hybridized carbons (Fsp3) is 0.387. The molecule has 4 rings (SSSR count). The lowest BCUT2D eigenvalue weighted by Gasteiger charge is -2.14. The number of pyridine rings is 1. The molecule has 0 radical (unpaired) electrons. The van der Waals surface area contributed by atoms with Crippen LogP contribution in [-0.2, 0) is 16.0 Å². The van der Waals surface area contributed by atoms with E-state index < -0.39 is 5.97 Å². The fourth-order valence-electron chi connectivity index (χ4n) is 4.62. The van der Waals surface area contributed by atoms with Crippen molar-refractivity contribution in [3.05, 3.63) is 75.0 Å². The average Bonchev–Trinajstić information content (AvgIpc) is 3.23. The Labute approximate surface area is 249 Å². The van der Waals surface area contributed by atoms with Gasteiger partial charge in [-0.05, 0) is 55.2 Å². The van der Waals surface area contributed by atoms with Crippen molar-refractivity contribution in [2.24, 2.45) is 0 Å². The van der Waals surface area contributed by atoms with Gasteiger partial charge in [0.25, 0.3) is 11.5 Å². The molecule has 1 aliphatic rings. The minimum absolute atomic E-state index is 0.138. The van der Waals surface area contributed by atoms with Crippen molar-refractivity contribution in [2.45, 2.75) is 71.1 Å². The summed E-state index contributed by atoms with van der Waals surface area (Å²) in [7, 11) is 0. The van der Waals surface area contributed by atoms with E-state index in [1.54, 1.807) is 35.4 Å². The number of aliphatic carboxylic acids is 1. The monoisotopic (exact) mass is 593 g/mol. The lowest BCUT2D eigenvalue weighted by atomic mass is 10.1. The van der Waals surface area contributed by atoms with Crippen LogP contribution in [0.2, 0.25) is 0 Å². The van der Waals surface area contributed by atoms with E-state index in [1.807, 2.05) is 24.3 Å². The lowest BCUT2D eigenvalue weighted by Crippen LogP contribution is -2.29. The zero-order chi connectivity index (χ0) is 29.2. The van der Waals surface area contributed by atoms with E-state index in [4.69, 9.17) is 22.1 Å². The van der Waals surface area contributed by atoms with Crippen LogP contribution in [0.3, 0.4) is 0 Å². The van der Waals surface area contributed by atoms with Gasteiger partial charge in [0, 0.05) is 19.2 Å². The number of rotatable bonds is 15. The standard InChI is InChI=1S/C31H35N3O5S2/c1-2-22-15-17-23(18-16-22)39-28-24(29(37)33-19-12-10-13-26(33)32-28)21-25-30(38)34(31(40)41-25)20-11-8-6-4-3-5-7-9-14-27(35)36/h10,12-13,15-19,21H,2-9,11,14,20H2,1H3,(H,35,36)/b25-21+. The number of thiocarbonyl (C=S) groups is 1. The Balaban J connectivity index is 1.41. The maximum Gasteiger partial charge on any atom is 0.303 e. The van der Waals surface area contributed by atoms with Crippen molar-refractivity contribution in [3.63, 3.8) is 0 Å². The van der Waals surface area contributed by atoms with E-state index in [1.165, 1.54) is 21.7 Å². The summed E-state index contributed by atoms with van der Waals surface area (Å²) in [5.41, 5.74) is 1.48. The van der Waals surface area contributed by atoms with Crippen molar-refractivity contribution in [2.75, 3.05) is 6.54 Å². The highest BCUT2D eigenvalue weighted by Crippen LogP contribution is 2.34. The number of nitrogens with zero attached hydrogens (tertiary/aromatic N) is 3. The van der Waals surface area contributed by atoms with Crippen molar-refractivity contribution in [3.8, 4) is 11.6 Å². The summed E-state index contributed by atoms with van der Waals surface area (Å²) in [5, 5.41) is 8.70. The quantitative estimate of drug-likeness (QED) is 0.116. The third-order valence-corrected chi connectivity index (χ3v) is 8.33. The second kappa shape index (κ2) is 14.9. The fourth-order valence-corrected chi connectivity index (χ4v) is 5.91. The number of carboxylic acids is 1. The van der Waals surface area contributed by atoms with Crippen molar-refractivity contribution in [1.82, 2.24) is 14.3 Å². The van der Waals surface area contributed by atoms with Gasteiger partial charge in [0.1, 0.15) is 21.3 Å². The summed E-state index contributed by atoms with van der Waals surface area (Å²) >= 11 is 6.70. The molecule has 1 saturated heterocycles. The van der Waals surface area contributed by atoms with Crippen LogP contribution >= 0.6 is 24.0 Å². The number of ether oxygens (including phenoxy) is 1. The number of aromatic nitrogens is 2. The van der Waals surface area contributed by atoms with Crippen LogP contribution in [-0.4, -0.2) is 42.1 Å². The molecule has 1 aromatic carbocycles. The third-order valence-electron chi connectivity index (χ3n) is 6.95. The van der Waals surface area contributed by atoms with Crippen molar-refractivity contribution >= 4 is 51.9 Å². The predicted molar refractivity (Wildman–Crippen MR) is 166 cm³/mol. The summed E-state index contributed by atoms with van der Waals surface area (Å²) in [4.78, 5) is 43.9. The number of hydrogen-bond acceptors (Lipinski definition) is 7. The van der Waals surface area contributed by atoms with Gasteiger partial charge in [-0.3, -0.25) is 23.7 Å². The average molecular weight is 594 g/mol. The van der Waals surface area contributed by atoms with Crippen LogP contribution in [0.1, 0.15) is 75.8 Å². The van der Waals surface area contributed by atoms with Crippen LogP contribution in [0.5, 0.6) is 11.6 Å². The van der Waals surface area contributed by atoms with Gasteiger partial charge in [-0.25, -0.2) is 0 Å². The largest absolute Gasteiger partial charge is 0.481 e. The molecule has 10 heteroatoms. The van der Waals surface area contributed by atoms with E-state index in [0.717, 1.165) is 57.8 Å². The second-order valence-electron chi connectivity index (χ2n) is 9.97. The molecule has 0 bridgehead atoms. The number of carboxylic acid groups (broad SMARTS) is 1. The number of unbranched alkanes of at least 4 members (excludes halogenated alkanes) is 7. The number of aryl methyl sites for hydroxylation is 1. The molecule has 216 valence electrons. The molecule has 0 atom stereocenters. The van der Waals surface area contributed by atoms with Crippen LogP contribution in [0.25, 0.3) is 11.7 Å². The number of fused-ring (bicyclic) bond motifs is 1. The van der Waals surface area contributed by atoms with Gasteiger partial charge in [0.15, 0.2) is 0 Å². The molecule has 1 N–H and O–H groups in total. The van der Waals surface area contributed by atoms with Crippen LogP contribution < -0.4 is 10.3 Å². The first-order valence-electron chi connectivity index (χ1n) is 14.1. The molecule has 2 aromatic heterocycles. The highest BCUT2D eigenvalue weighted by atomic mass is 32.2. The first-order valence-corrected chi connectivity index (χ1v) is 15.3. The Hall–Kier alpha value is -3.50. The lowest BCUT2D eigenvalue weighted by molar-refractivity contribution is -0.137. The highest BCUT2D eigenvalue weighted by molar-refractivity contribution is 8.26. The number of amides is 1. The molecule has 0 spiro atoms. The Bertz CT molecular complexity index is 1480. The van der Waals surface area contributed by atoms with Crippen LogP contribution in [0.15, 0.2) is 58.4 Å². The summed E-state index contributed by atoms with van der Waals surface area (Å²) in [5.74, 6) is -0.256. The predicted octanol–water partition coefficient (Wildman–Crippen LogP) is 6.85. The van der Waals surface area contributed by atoms with Gasteiger partial charge < -0.3 is 9.84 Å². The molecular weight excluding hydrogens is 558 g/mol. The van der Waals surface area contributed by atoms with Crippen LogP contribution in [0, 0.1) is 0 Å². The second-order valence-corrected chi connectivity index (χ2v) is 11.6. The van der Waals surface area contributed by atoms with Gasteiger partial charge in [-0.15, -0.1) is 0 Å². The van der Waals surface area contributed by atoms with E-state index in [0.29, 0.717) is 27.2 Å². The zero-order valence-corrected chi connectivity index (χ0v) is 24.8. The highest BCUT2D eigenvalue weighted by Gasteiger charge is 2.32. The van der Waals surface area contributed by atoms with Gasteiger partial charge in [-0.2, -0.15) is 4.98 Å². The molecule has 0 unspecified atom stereocenters. The zero-order valence-electron chi connectivity index (χ0n) is 23.2. The molecule has 1 amide bonds. The first-order chi connectivity index (χ1) is 19.9. The molecule has 8 nitrogen and oxygen atoms in total. The van der Waals surface area contributed by atoms with E-state index in [2.05, 4.69) is 11.9 Å². The number of carbonyl (C=O) groups is 2. The molecule has 1 fully saturated rings. The third kappa shape index (κ3) is 8.27. The summed E-state index contributed by atoms with van der Waals surface area (Å²) in [6.45, 7) is 2.61. The summed E-state index contributed by atoms with van der Waals surface area (Å²) < 4.78 is 7.99. The number of carbonyl (C=O) groups excluding carboxylic acids is 1. The minimum atomic E-state index is -0.733. The molecule has 3 aromatic rings. The molecule has 0 aliphatic carbocycles. The SMILES string of the molecule is CCc1ccc(Oc2nc3ccccn3c(=O)c2/C=C2/SC(=S)N(CCCCCCCCCCC(=O)O)C2=O)cc1. The maximum atomic E-state index is 13.5. The first kappa shape index (κ1) is 30.5. The Kier molecular flexibility index (Phi) is 11.1. The smallest absolute Gasteiger partial charge is 0.303 e. The normalized spacial score (nSPS) is 14.4. The van der Waals surface area contributed by atoms with E-state index in [9.17, 15) is 14.4 Å². The van der Waals surface area contributed by atoms with Gasteiger partial charge in [-0.1, -0.05) is 87.6 Å². The molecular formula is C31H35N3O5S2. The van der Waals surface area contributed by atoms with Gasteiger partial charge >= 0.3 is 5.97 Å². The Morgan fingerprint density at radius 1 is 1.00 bits per heavy atom. The summed E-state index contributed by atoms with van der Waals surface area (Å²) in [6, 6.07) is 12.9.